The van der Waals surface area contributed by atoms with E-state index in [1.165, 1.54) is 6.07 Å². The molecular weight excluding hydrogens is 357 g/mol. The van der Waals surface area contributed by atoms with Crippen LogP contribution in [0, 0.1) is 5.82 Å². The van der Waals surface area contributed by atoms with Gasteiger partial charge in [-0.2, -0.15) is 0 Å². The van der Waals surface area contributed by atoms with Gasteiger partial charge in [0.15, 0.2) is 0 Å². The number of methoxy groups -OCH3 is 1. The van der Waals surface area contributed by atoms with Crippen LogP contribution in [-0.4, -0.2) is 13.7 Å². The quantitative estimate of drug-likeness (QED) is 0.802. The molecule has 0 fully saturated rings. The summed E-state index contributed by atoms with van der Waals surface area (Å²) in [5, 5.41) is 3.49. The summed E-state index contributed by atoms with van der Waals surface area (Å²) < 4.78 is 19.8. The van der Waals surface area contributed by atoms with E-state index in [9.17, 15) is 4.39 Å². The van der Waals surface area contributed by atoms with E-state index in [-0.39, 0.29) is 11.1 Å². The van der Waals surface area contributed by atoms with E-state index in [1.807, 2.05) is 31.2 Å². The first-order valence-corrected chi connectivity index (χ1v) is 7.75. The van der Waals surface area contributed by atoms with Crippen LogP contribution in [0.1, 0.15) is 24.1 Å². The minimum Gasteiger partial charge on any atom is -0.497 e. The molecule has 2 nitrogen and oxygen atoms in total. The molecule has 0 amide bonds. The summed E-state index contributed by atoms with van der Waals surface area (Å²) in [5.74, 6) is 0.352. The zero-order valence-corrected chi connectivity index (χ0v) is 14.1. The van der Waals surface area contributed by atoms with Crippen molar-refractivity contribution in [3.05, 3.63) is 62.8 Å². The molecular formula is C16H16BrClFNO. The fourth-order valence-electron chi connectivity index (χ4n) is 2.17. The van der Waals surface area contributed by atoms with Gasteiger partial charge >= 0.3 is 0 Å². The van der Waals surface area contributed by atoms with E-state index >= 15 is 0 Å². The van der Waals surface area contributed by atoms with Crippen molar-refractivity contribution in [3.63, 3.8) is 0 Å². The predicted octanol–water partition coefficient (Wildman–Crippen LogP) is 4.95. The van der Waals surface area contributed by atoms with E-state index in [0.717, 1.165) is 27.9 Å². The molecule has 5 heteroatoms. The summed E-state index contributed by atoms with van der Waals surface area (Å²) in [6.07, 6.45) is 0. The third kappa shape index (κ3) is 3.76. The highest BCUT2D eigenvalue weighted by atomic mass is 79.9. The molecule has 0 heterocycles. The molecule has 2 aromatic carbocycles. The molecule has 1 unspecified atom stereocenters. The molecule has 2 aromatic rings. The predicted molar refractivity (Wildman–Crippen MR) is 87.6 cm³/mol. The molecule has 0 saturated carbocycles. The van der Waals surface area contributed by atoms with Crippen LogP contribution in [0.2, 0.25) is 5.02 Å². The van der Waals surface area contributed by atoms with Crippen LogP contribution in [0.15, 0.2) is 40.9 Å². The van der Waals surface area contributed by atoms with Crippen molar-refractivity contribution in [2.45, 2.75) is 13.0 Å². The Hall–Kier alpha value is -1.10. The standard InChI is InChI=1S/C16H16BrClFNO/c1-3-20-16(10-4-7-14(18)15(19)8-10)12-6-5-11(21-2)9-13(12)17/h4-9,16,20H,3H2,1-2H3. The van der Waals surface area contributed by atoms with Gasteiger partial charge in [0.25, 0.3) is 0 Å². The maximum absolute atomic E-state index is 13.7. The Labute approximate surface area is 137 Å². The van der Waals surface area contributed by atoms with Gasteiger partial charge in [-0.05, 0) is 41.9 Å². The van der Waals surface area contributed by atoms with Crippen molar-refractivity contribution in [2.24, 2.45) is 0 Å². The first kappa shape index (κ1) is 16.3. The lowest BCUT2D eigenvalue weighted by atomic mass is 9.98. The summed E-state index contributed by atoms with van der Waals surface area (Å²) >= 11 is 9.31. The van der Waals surface area contributed by atoms with Gasteiger partial charge in [0.05, 0.1) is 18.2 Å². The fourth-order valence-corrected chi connectivity index (χ4v) is 2.88. The maximum atomic E-state index is 13.7. The third-order valence-electron chi connectivity index (χ3n) is 3.20. The topological polar surface area (TPSA) is 21.3 Å². The van der Waals surface area contributed by atoms with Crippen molar-refractivity contribution >= 4 is 27.5 Å². The highest BCUT2D eigenvalue weighted by Gasteiger charge is 2.17. The summed E-state index contributed by atoms with van der Waals surface area (Å²) in [6.45, 7) is 2.77. The van der Waals surface area contributed by atoms with Gasteiger partial charge in [-0.3, -0.25) is 0 Å². The van der Waals surface area contributed by atoms with Gasteiger partial charge in [0, 0.05) is 4.47 Å². The van der Waals surface area contributed by atoms with Crippen molar-refractivity contribution in [1.29, 1.82) is 0 Å². The second-order valence-corrected chi connectivity index (χ2v) is 5.81. The van der Waals surface area contributed by atoms with Crippen molar-refractivity contribution in [3.8, 4) is 5.75 Å². The van der Waals surface area contributed by atoms with Crippen LogP contribution < -0.4 is 10.1 Å². The van der Waals surface area contributed by atoms with Crippen LogP contribution in [0.3, 0.4) is 0 Å². The highest BCUT2D eigenvalue weighted by molar-refractivity contribution is 9.10. The number of nitrogens with one attached hydrogen (secondary N) is 1. The lowest BCUT2D eigenvalue weighted by Crippen LogP contribution is -2.22. The number of hydrogen-bond donors (Lipinski definition) is 1. The minimum absolute atomic E-state index is 0.123. The van der Waals surface area contributed by atoms with Gasteiger partial charge in [-0.1, -0.05) is 46.6 Å². The molecule has 112 valence electrons. The average Bonchev–Trinajstić information content (AvgIpc) is 2.48. The molecule has 1 atom stereocenters. The number of ether oxygens (including phenoxy) is 1. The largest absolute Gasteiger partial charge is 0.497 e. The Kier molecular flexibility index (Phi) is 5.62. The molecule has 0 aliphatic heterocycles. The molecule has 21 heavy (non-hydrogen) atoms. The van der Waals surface area contributed by atoms with Gasteiger partial charge in [-0.25, -0.2) is 4.39 Å². The molecule has 0 aliphatic rings. The van der Waals surface area contributed by atoms with Gasteiger partial charge in [0.2, 0.25) is 0 Å². The van der Waals surface area contributed by atoms with Crippen molar-refractivity contribution < 1.29 is 9.13 Å². The SMILES string of the molecule is CCNC(c1ccc(Cl)c(F)c1)c1ccc(OC)cc1Br. The first-order valence-electron chi connectivity index (χ1n) is 6.58. The van der Waals surface area contributed by atoms with Crippen molar-refractivity contribution in [1.82, 2.24) is 5.32 Å². The Morgan fingerprint density at radius 1 is 1.29 bits per heavy atom. The molecule has 0 aliphatic carbocycles. The molecule has 0 aromatic heterocycles. The molecule has 0 spiro atoms. The van der Waals surface area contributed by atoms with E-state index in [1.54, 1.807) is 13.2 Å². The maximum Gasteiger partial charge on any atom is 0.142 e. The molecule has 0 saturated heterocycles. The zero-order chi connectivity index (χ0) is 15.4. The van der Waals surface area contributed by atoms with Gasteiger partial charge in [-0.15, -0.1) is 0 Å². The van der Waals surface area contributed by atoms with Crippen LogP contribution in [0.25, 0.3) is 0 Å². The number of rotatable bonds is 5. The molecule has 1 N–H and O–H groups in total. The summed E-state index contributed by atoms with van der Waals surface area (Å²) in [6, 6.07) is 10.5. The second-order valence-electron chi connectivity index (χ2n) is 4.55. The third-order valence-corrected chi connectivity index (χ3v) is 4.20. The van der Waals surface area contributed by atoms with E-state index < -0.39 is 5.82 Å². The molecule has 0 bridgehead atoms. The second kappa shape index (κ2) is 7.25. The zero-order valence-electron chi connectivity index (χ0n) is 11.8. The molecule has 0 radical (unpaired) electrons. The van der Waals surface area contributed by atoms with Crippen LogP contribution in [0.5, 0.6) is 5.75 Å². The van der Waals surface area contributed by atoms with E-state index in [4.69, 9.17) is 16.3 Å². The van der Waals surface area contributed by atoms with E-state index in [2.05, 4.69) is 21.2 Å². The fraction of sp³-hybridized carbons (Fsp3) is 0.250. The summed E-state index contributed by atoms with van der Waals surface area (Å²) in [7, 11) is 1.62. The number of hydrogen-bond acceptors (Lipinski definition) is 2. The highest BCUT2D eigenvalue weighted by Crippen LogP contribution is 2.32. The lowest BCUT2D eigenvalue weighted by molar-refractivity contribution is 0.414. The Morgan fingerprint density at radius 2 is 2.05 bits per heavy atom. The Morgan fingerprint density at radius 3 is 2.62 bits per heavy atom. The monoisotopic (exact) mass is 371 g/mol. The Bertz CT molecular complexity index is 636. The van der Waals surface area contributed by atoms with Crippen LogP contribution in [0.4, 0.5) is 4.39 Å². The van der Waals surface area contributed by atoms with E-state index in [0.29, 0.717) is 0 Å². The lowest BCUT2D eigenvalue weighted by Gasteiger charge is -2.21. The molecule has 2 rings (SSSR count). The number of benzene rings is 2. The van der Waals surface area contributed by atoms with Crippen LogP contribution >= 0.6 is 27.5 Å². The normalized spacial score (nSPS) is 12.2. The van der Waals surface area contributed by atoms with Crippen molar-refractivity contribution in [2.75, 3.05) is 13.7 Å². The van der Waals surface area contributed by atoms with Crippen LogP contribution in [-0.2, 0) is 0 Å². The summed E-state index contributed by atoms with van der Waals surface area (Å²) in [4.78, 5) is 0. The van der Waals surface area contributed by atoms with Gasteiger partial charge < -0.3 is 10.1 Å². The minimum atomic E-state index is -0.415. The Balaban J connectivity index is 2.45. The van der Waals surface area contributed by atoms with Gasteiger partial charge in [0.1, 0.15) is 11.6 Å². The smallest absolute Gasteiger partial charge is 0.142 e. The number of halogens is 3. The first-order chi connectivity index (χ1) is 10.1. The summed E-state index contributed by atoms with van der Waals surface area (Å²) in [5.41, 5.74) is 1.84. The average molecular weight is 373 g/mol.